The maximum Gasteiger partial charge on any atom is 0.163 e. The Bertz CT molecular complexity index is 480. The second-order valence-corrected chi connectivity index (χ2v) is 4.83. The number of pyridine rings is 1. The van der Waals surface area contributed by atoms with Gasteiger partial charge in [-0.25, -0.2) is 4.98 Å². The van der Waals surface area contributed by atoms with E-state index in [1.165, 1.54) is 0 Å². The van der Waals surface area contributed by atoms with E-state index in [-0.39, 0.29) is 6.10 Å². The summed E-state index contributed by atoms with van der Waals surface area (Å²) in [5.41, 5.74) is 1.43. The van der Waals surface area contributed by atoms with E-state index in [0.717, 1.165) is 5.69 Å². The molecule has 2 rings (SSSR count). The lowest BCUT2D eigenvalue weighted by Crippen LogP contribution is -2.26. The third-order valence-electron chi connectivity index (χ3n) is 2.66. The van der Waals surface area contributed by atoms with E-state index < -0.39 is 5.79 Å². The van der Waals surface area contributed by atoms with E-state index in [2.05, 4.69) is 16.4 Å². The predicted molar refractivity (Wildman–Crippen MR) is 67.1 cm³/mol. The molecule has 1 aromatic rings. The van der Waals surface area contributed by atoms with Crippen molar-refractivity contribution in [3.63, 3.8) is 0 Å². The molecule has 1 aliphatic rings. The average molecular weight is 247 g/mol. The fourth-order valence-electron chi connectivity index (χ4n) is 1.91. The van der Waals surface area contributed by atoms with Crippen LogP contribution in [-0.4, -0.2) is 30.0 Å². The van der Waals surface area contributed by atoms with Crippen LogP contribution in [0.4, 0.5) is 5.82 Å². The van der Waals surface area contributed by atoms with Gasteiger partial charge >= 0.3 is 0 Å². The first-order valence-corrected chi connectivity index (χ1v) is 5.93. The summed E-state index contributed by atoms with van der Waals surface area (Å²) < 4.78 is 11.2. The molecule has 1 N–H and O–H groups in total. The molecule has 1 fully saturated rings. The standard InChI is InChI=1S/C13H17N3O2/c1-9-4-10(6-14)5-12(16-9)15-7-11-8-17-13(2,3)18-11/h4-5,11H,7-8H2,1-3H3,(H,15,16). The Morgan fingerprint density at radius 2 is 2.33 bits per heavy atom. The van der Waals surface area contributed by atoms with Gasteiger partial charge in [-0.05, 0) is 32.9 Å². The molecule has 1 atom stereocenters. The zero-order valence-electron chi connectivity index (χ0n) is 10.9. The lowest BCUT2D eigenvalue weighted by molar-refractivity contribution is -0.136. The van der Waals surface area contributed by atoms with Crippen LogP contribution < -0.4 is 5.32 Å². The molecule has 2 heterocycles. The molecule has 18 heavy (non-hydrogen) atoms. The summed E-state index contributed by atoms with van der Waals surface area (Å²) >= 11 is 0. The number of nitrogens with zero attached hydrogens (tertiary/aromatic N) is 2. The summed E-state index contributed by atoms with van der Waals surface area (Å²) in [7, 11) is 0. The fraction of sp³-hybridized carbons (Fsp3) is 0.538. The highest BCUT2D eigenvalue weighted by atomic mass is 16.7. The highest BCUT2D eigenvalue weighted by molar-refractivity contribution is 5.44. The first kappa shape index (κ1) is 12.8. The summed E-state index contributed by atoms with van der Waals surface area (Å²) in [6.07, 6.45) is 0.00727. The van der Waals surface area contributed by atoms with Crippen molar-refractivity contribution in [3.8, 4) is 6.07 Å². The van der Waals surface area contributed by atoms with Crippen molar-refractivity contribution in [2.24, 2.45) is 0 Å². The number of hydrogen-bond acceptors (Lipinski definition) is 5. The minimum atomic E-state index is -0.510. The van der Waals surface area contributed by atoms with Crippen molar-refractivity contribution in [3.05, 3.63) is 23.4 Å². The summed E-state index contributed by atoms with van der Waals surface area (Å²) in [5.74, 6) is 0.185. The molecule has 96 valence electrons. The first-order chi connectivity index (χ1) is 8.48. The van der Waals surface area contributed by atoms with E-state index in [0.29, 0.717) is 24.5 Å². The molecule has 0 spiro atoms. The Morgan fingerprint density at radius 1 is 1.56 bits per heavy atom. The molecular formula is C13H17N3O2. The Kier molecular flexibility index (Phi) is 3.50. The molecule has 5 heteroatoms. The zero-order chi connectivity index (χ0) is 13.2. The van der Waals surface area contributed by atoms with Crippen molar-refractivity contribution in [1.82, 2.24) is 4.98 Å². The van der Waals surface area contributed by atoms with Gasteiger partial charge in [0.15, 0.2) is 5.79 Å². The molecule has 0 aliphatic carbocycles. The largest absolute Gasteiger partial charge is 0.367 e. The number of rotatable bonds is 3. The molecule has 0 bridgehead atoms. The van der Waals surface area contributed by atoms with Crippen LogP contribution in [0.5, 0.6) is 0 Å². The SMILES string of the molecule is Cc1cc(C#N)cc(NCC2COC(C)(C)O2)n1. The van der Waals surface area contributed by atoms with Gasteiger partial charge in [-0.1, -0.05) is 0 Å². The van der Waals surface area contributed by atoms with Gasteiger partial charge in [-0.2, -0.15) is 5.26 Å². The monoisotopic (exact) mass is 247 g/mol. The number of aryl methyl sites for hydroxylation is 1. The highest BCUT2D eigenvalue weighted by Gasteiger charge is 2.32. The summed E-state index contributed by atoms with van der Waals surface area (Å²) in [6, 6.07) is 5.60. The van der Waals surface area contributed by atoms with Gasteiger partial charge in [0, 0.05) is 12.2 Å². The smallest absolute Gasteiger partial charge is 0.163 e. The number of hydrogen-bond donors (Lipinski definition) is 1. The Hall–Kier alpha value is -1.64. The highest BCUT2D eigenvalue weighted by Crippen LogP contribution is 2.22. The van der Waals surface area contributed by atoms with E-state index in [1.807, 2.05) is 20.8 Å². The molecule has 5 nitrogen and oxygen atoms in total. The number of anilines is 1. The van der Waals surface area contributed by atoms with Crippen LogP contribution in [0.15, 0.2) is 12.1 Å². The van der Waals surface area contributed by atoms with Crippen LogP contribution in [0.1, 0.15) is 25.1 Å². The van der Waals surface area contributed by atoms with Gasteiger partial charge < -0.3 is 14.8 Å². The van der Waals surface area contributed by atoms with Crippen LogP contribution >= 0.6 is 0 Å². The molecule has 1 aliphatic heterocycles. The average Bonchev–Trinajstić information content (AvgIpc) is 2.65. The minimum absolute atomic E-state index is 0.00727. The summed E-state index contributed by atoms with van der Waals surface area (Å²) in [4.78, 5) is 4.32. The topological polar surface area (TPSA) is 67.2 Å². The molecular weight excluding hydrogens is 230 g/mol. The Morgan fingerprint density at radius 3 is 2.94 bits per heavy atom. The van der Waals surface area contributed by atoms with Gasteiger partial charge in [0.25, 0.3) is 0 Å². The van der Waals surface area contributed by atoms with Gasteiger partial charge in [0.2, 0.25) is 0 Å². The van der Waals surface area contributed by atoms with Crippen molar-refractivity contribution < 1.29 is 9.47 Å². The van der Waals surface area contributed by atoms with Gasteiger partial charge in [-0.3, -0.25) is 0 Å². The van der Waals surface area contributed by atoms with Crippen molar-refractivity contribution in [1.29, 1.82) is 5.26 Å². The van der Waals surface area contributed by atoms with Crippen LogP contribution in [0, 0.1) is 18.3 Å². The lowest BCUT2D eigenvalue weighted by atomic mass is 10.2. The molecule has 0 saturated carbocycles. The van der Waals surface area contributed by atoms with Crippen LogP contribution in [0.2, 0.25) is 0 Å². The van der Waals surface area contributed by atoms with Crippen LogP contribution in [0.25, 0.3) is 0 Å². The van der Waals surface area contributed by atoms with Gasteiger partial charge in [0.1, 0.15) is 11.9 Å². The number of aromatic nitrogens is 1. The Labute approximate surface area is 107 Å². The molecule has 0 amide bonds. The first-order valence-electron chi connectivity index (χ1n) is 5.93. The number of nitrogens with one attached hydrogen (secondary N) is 1. The quantitative estimate of drug-likeness (QED) is 0.882. The van der Waals surface area contributed by atoms with Gasteiger partial charge in [0.05, 0.1) is 18.2 Å². The van der Waals surface area contributed by atoms with Crippen molar-refractivity contribution >= 4 is 5.82 Å². The van der Waals surface area contributed by atoms with Crippen molar-refractivity contribution in [2.75, 3.05) is 18.5 Å². The van der Waals surface area contributed by atoms with Crippen molar-refractivity contribution in [2.45, 2.75) is 32.7 Å². The number of ether oxygens (including phenoxy) is 2. The van der Waals surface area contributed by atoms with Gasteiger partial charge in [-0.15, -0.1) is 0 Å². The second kappa shape index (κ2) is 4.92. The third-order valence-corrected chi connectivity index (χ3v) is 2.66. The predicted octanol–water partition coefficient (Wildman–Crippen LogP) is 1.83. The maximum atomic E-state index is 8.88. The zero-order valence-corrected chi connectivity index (χ0v) is 10.9. The van der Waals surface area contributed by atoms with Crippen LogP contribution in [-0.2, 0) is 9.47 Å². The number of nitriles is 1. The normalized spacial score (nSPS) is 21.6. The third kappa shape index (κ3) is 3.19. The lowest BCUT2D eigenvalue weighted by Gasteiger charge is -2.17. The molecule has 1 aromatic heterocycles. The van der Waals surface area contributed by atoms with Crippen LogP contribution in [0.3, 0.4) is 0 Å². The minimum Gasteiger partial charge on any atom is -0.367 e. The van der Waals surface area contributed by atoms with E-state index in [9.17, 15) is 0 Å². The summed E-state index contributed by atoms with van der Waals surface area (Å²) in [5, 5.41) is 12.1. The molecule has 0 aromatic carbocycles. The van der Waals surface area contributed by atoms with E-state index >= 15 is 0 Å². The van der Waals surface area contributed by atoms with E-state index in [4.69, 9.17) is 14.7 Å². The maximum absolute atomic E-state index is 8.88. The molecule has 1 unspecified atom stereocenters. The molecule has 0 radical (unpaired) electrons. The fourth-order valence-corrected chi connectivity index (χ4v) is 1.91. The summed E-state index contributed by atoms with van der Waals surface area (Å²) in [6.45, 7) is 6.84. The Balaban J connectivity index is 1.95. The second-order valence-electron chi connectivity index (χ2n) is 4.83. The van der Waals surface area contributed by atoms with E-state index in [1.54, 1.807) is 12.1 Å². The molecule has 1 saturated heterocycles.